The quantitative estimate of drug-likeness (QED) is 0.504. The third-order valence-corrected chi connectivity index (χ3v) is 8.56. The Morgan fingerprint density at radius 2 is 1.79 bits per heavy atom. The number of carbonyl (C=O) groups is 1. The second-order valence-electron chi connectivity index (χ2n) is 11.4. The van der Waals surface area contributed by atoms with Crippen LogP contribution in [0.2, 0.25) is 0 Å². The normalized spacial score (nSPS) is 22.3. The zero-order valence-corrected chi connectivity index (χ0v) is 22.3. The minimum absolute atomic E-state index is 0.143. The molecule has 3 saturated heterocycles. The van der Waals surface area contributed by atoms with Crippen LogP contribution in [0.25, 0.3) is 17.2 Å². The molecule has 210 valence electrons. The molecule has 0 aliphatic carbocycles. The average molecular weight is 543 g/mol. The van der Waals surface area contributed by atoms with Gasteiger partial charge in [-0.3, -0.25) is 9.69 Å². The predicted octanol–water partition coefficient (Wildman–Crippen LogP) is 3.54. The molecule has 6 rings (SSSR count). The zero-order valence-electron chi connectivity index (χ0n) is 22.3. The maximum Gasteiger partial charge on any atom is 0.257 e. The molecule has 0 unspecified atom stereocenters. The molecule has 0 bridgehead atoms. The summed E-state index contributed by atoms with van der Waals surface area (Å²) in [4.78, 5) is 28.7. The van der Waals surface area contributed by atoms with Crippen molar-refractivity contribution in [3.8, 4) is 11.6 Å². The van der Waals surface area contributed by atoms with Crippen LogP contribution in [0, 0.1) is 11.8 Å². The summed E-state index contributed by atoms with van der Waals surface area (Å²) in [6.07, 6.45) is 7.11. The van der Waals surface area contributed by atoms with Gasteiger partial charge in [0.15, 0.2) is 11.4 Å². The van der Waals surface area contributed by atoms with Crippen LogP contribution in [0.1, 0.15) is 45.4 Å². The fourth-order valence-corrected chi connectivity index (χ4v) is 6.63. The van der Waals surface area contributed by atoms with E-state index in [0.29, 0.717) is 34.9 Å². The van der Waals surface area contributed by atoms with Crippen LogP contribution in [0.4, 0.5) is 20.5 Å². The first kappa shape index (κ1) is 26.0. The number of anilines is 2. The van der Waals surface area contributed by atoms with Crippen LogP contribution < -0.4 is 10.6 Å². The Labute approximate surface area is 226 Å². The van der Waals surface area contributed by atoms with Crippen LogP contribution in [0.5, 0.6) is 0 Å². The van der Waals surface area contributed by atoms with Gasteiger partial charge in [-0.05, 0) is 75.6 Å². The average Bonchev–Trinajstić information content (AvgIpc) is 3.68. The highest BCUT2D eigenvalue weighted by atomic mass is 19.3. The van der Waals surface area contributed by atoms with Crippen LogP contribution in [-0.2, 0) is 4.79 Å². The Balaban J connectivity index is 1.08. The number of hydrogen-bond acceptors (Lipinski definition) is 8. The number of rotatable bonds is 6. The third kappa shape index (κ3) is 5.43. The smallest absolute Gasteiger partial charge is 0.257 e. The highest BCUT2D eigenvalue weighted by Gasteiger charge is 2.38. The zero-order chi connectivity index (χ0) is 27.1. The molecule has 2 N–H and O–H groups in total. The van der Waals surface area contributed by atoms with E-state index in [1.165, 1.54) is 4.52 Å². The molecular weight excluding hydrogens is 506 g/mol. The van der Waals surface area contributed by atoms with E-state index in [2.05, 4.69) is 15.1 Å². The largest absolute Gasteiger partial charge is 0.461 e. The van der Waals surface area contributed by atoms with Crippen molar-refractivity contribution in [1.82, 2.24) is 29.4 Å². The van der Waals surface area contributed by atoms with Crippen molar-refractivity contribution in [3.05, 3.63) is 24.5 Å². The Morgan fingerprint density at radius 3 is 2.46 bits per heavy atom. The molecule has 3 fully saturated rings. The Hall–Kier alpha value is -3.28. The molecule has 12 heteroatoms. The molecule has 0 spiro atoms. The number of alkyl halides is 2. The number of nitrogens with zero attached hydrogens (tertiary/aromatic N) is 7. The second kappa shape index (κ2) is 10.4. The van der Waals surface area contributed by atoms with E-state index in [1.807, 2.05) is 20.8 Å². The number of aromatic nitrogens is 4. The van der Waals surface area contributed by atoms with Crippen molar-refractivity contribution in [2.24, 2.45) is 11.8 Å². The monoisotopic (exact) mass is 542 g/mol. The fourth-order valence-electron chi connectivity index (χ4n) is 6.63. The maximum atomic E-state index is 13.7. The molecule has 1 amide bonds. The summed E-state index contributed by atoms with van der Waals surface area (Å²) in [5.74, 6) is 0.427. The van der Waals surface area contributed by atoms with Crippen molar-refractivity contribution in [2.75, 3.05) is 49.9 Å². The van der Waals surface area contributed by atoms with Crippen molar-refractivity contribution >= 4 is 23.3 Å². The van der Waals surface area contributed by atoms with Crippen LogP contribution in [0.3, 0.4) is 0 Å². The first-order valence-electron chi connectivity index (χ1n) is 14.0. The number of likely N-dealkylation sites (tertiary alicyclic amines) is 2. The van der Waals surface area contributed by atoms with Crippen molar-refractivity contribution in [1.29, 1.82) is 0 Å². The first-order valence-corrected chi connectivity index (χ1v) is 14.0. The number of fused-ring (bicyclic) bond motifs is 1. The number of carbonyl (C=O) groups excluding carboxylic acids is 1. The standard InChI is InChI=1S/C27H36F2N8O2/c1-27(28,29)17-34-11-6-18(7-12-34)19-8-13-35(14-9-19)25(38)20-4-2-10-36(20)22-16-23-31-24(21-5-3-15-39-21)33-37(23)26(30)32-22/h3,5,15-16,18-20H,2,4,6-14,17H2,1H3,(H2,30,32)/t20-/m0/s1. The molecule has 0 aromatic carbocycles. The molecule has 0 saturated carbocycles. The number of piperidine rings is 2. The minimum Gasteiger partial charge on any atom is -0.461 e. The van der Waals surface area contributed by atoms with E-state index < -0.39 is 5.92 Å². The third-order valence-electron chi connectivity index (χ3n) is 8.56. The molecule has 0 radical (unpaired) electrons. The minimum atomic E-state index is -2.64. The number of furan rings is 1. The van der Waals surface area contributed by atoms with Crippen LogP contribution in [0.15, 0.2) is 28.9 Å². The van der Waals surface area contributed by atoms with E-state index in [9.17, 15) is 13.6 Å². The van der Waals surface area contributed by atoms with Gasteiger partial charge in [-0.1, -0.05) is 0 Å². The molecule has 39 heavy (non-hydrogen) atoms. The lowest BCUT2D eigenvalue weighted by Crippen LogP contribution is -2.50. The lowest BCUT2D eigenvalue weighted by Gasteiger charge is -2.41. The predicted molar refractivity (Wildman–Crippen MR) is 142 cm³/mol. The lowest BCUT2D eigenvalue weighted by molar-refractivity contribution is -0.134. The highest BCUT2D eigenvalue weighted by molar-refractivity contribution is 5.86. The number of nitrogen functional groups attached to an aromatic ring is 1. The highest BCUT2D eigenvalue weighted by Crippen LogP contribution is 2.34. The van der Waals surface area contributed by atoms with Crippen LogP contribution in [-0.4, -0.2) is 86.5 Å². The molecule has 3 aromatic rings. The van der Waals surface area contributed by atoms with Crippen molar-refractivity contribution < 1.29 is 18.0 Å². The summed E-state index contributed by atoms with van der Waals surface area (Å²) in [5.41, 5.74) is 6.79. The van der Waals surface area contributed by atoms with E-state index in [-0.39, 0.29) is 24.4 Å². The van der Waals surface area contributed by atoms with Gasteiger partial charge in [0, 0.05) is 32.6 Å². The van der Waals surface area contributed by atoms with Crippen LogP contribution >= 0.6 is 0 Å². The van der Waals surface area contributed by atoms with Gasteiger partial charge in [-0.25, -0.2) is 13.8 Å². The van der Waals surface area contributed by atoms with E-state index >= 15 is 0 Å². The van der Waals surface area contributed by atoms with Gasteiger partial charge in [-0.2, -0.15) is 9.50 Å². The number of amides is 1. The molecule has 1 atom stereocenters. The summed E-state index contributed by atoms with van der Waals surface area (Å²) in [6.45, 7) is 4.52. The summed E-state index contributed by atoms with van der Waals surface area (Å²) < 4.78 is 33.7. The molecule has 6 heterocycles. The number of hydrogen-bond donors (Lipinski definition) is 1. The summed E-state index contributed by atoms with van der Waals surface area (Å²) >= 11 is 0. The maximum absolute atomic E-state index is 13.7. The second-order valence-corrected chi connectivity index (χ2v) is 11.4. The van der Waals surface area contributed by atoms with Gasteiger partial charge in [0.25, 0.3) is 5.92 Å². The summed E-state index contributed by atoms with van der Waals surface area (Å²) in [5, 5.41) is 4.41. The van der Waals surface area contributed by atoms with Crippen molar-refractivity contribution in [2.45, 2.75) is 57.4 Å². The van der Waals surface area contributed by atoms with Gasteiger partial charge in [0.05, 0.1) is 12.8 Å². The Kier molecular flexibility index (Phi) is 6.90. The van der Waals surface area contributed by atoms with Crippen molar-refractivity contribution in [3.63, 3.8) is 0 Å². The molecule has 3 aliphatic heterocycles. The van der Waals surface area contributed by atoms with Gasteiger partial charge in [0.1, 0.15) is 11.9 Å². The van der Waals surface area contributed by atoms with Gasteiger partial charge in [-0.15, -0.1) is 5.10 Å². The topological polar surface area (TPSA) is 109 Å². The SMILES string of the molecule is CC(F)(F)CN1CCC(C2CCN(C(=O)[C@@H]3CCCN3c3cc4nc(-c5ccco5)nn4c(N)n3)CC2)CC1. The summed E-state index contributed by atoms with van der Waals surface area (Å²) in [7, 11) is 0. The molecule has 3 aromatic heterocycles. The number of nitrogens with two attached hydrogens (primary N) is 1. The lowest BCUT2D eigenvalue weighted by atomic mass is 9.78. The Morgan fingerprint density at radius 1 is 1.08 bits per heavy atom. The van der Waals surface area contributed by atoms with E-state index in [1.54, 1.807) is 18.4 Å². The van der Waals surface area contributed by atoms with Gasteiger partial charge in [0.2, 0.25) is 17.7 Å². The number of halogens is 2. The molecular formula is C27H36F2N8O2. The molecule has 10 nitrogen and oxygen atoms in total. The Bertz CT molecular complexity index is 1290. The van der Waals surface area contributed by atoms with E-state index in [4.69, 9.17) is 10.2 Å². The van der Waals surface area contributed by atoms with E-state index in [0.717, 1.165) is 78.2 Å². The summed E-state index contributed by atoms with van der Waals surface area (Å²) in [6, 6.07) is 5.11. The van der Waals surface area contributed by atoms with Gasteiger partial charge < -0.3 is 20.0 Å². The first-order chi connectivity index (χ1) is 18.7. The fraction of sp³-hybridized carbons (Fsp3) is 0.630. The molecule has 3 aliphatic rings. The van der Waals surface area contributed by atoms with Gasteiger partial charge >= 0.3 is 0 Å².